The highest BCUT2D eigenvalue weighted by Gasteiger charge is 2.57. The molecule has 0 radical (unpaired) electrons. The Morgan fingerprint density at radius 1 is 0.364 bits per heavy atom. The lowest BCUT2D eigenvalue weighted by atomic mass is 9.33. The van der Waals surface area contributed by atoms with E-state index < -0.39 is 0 Å². The smallest absolute Gasteiger partial charge is 0.252 e. The van der Waals surface area contributed by atoms with Gasteiger partial charge in [0.1, 0.15) is 0 Å². The second-order valence-electron chi connectivity index (χ2n) is 23.6. The molecule has 3 heterocycles. The van der Waals surface area contributed by atoms with Gasteiger partial charge in [0.2, 0.25) is 0 Å². The molecule has 1 aliphatic carbocycles. The van der Waals surface area contributed by atoms with Crippen molar-refractivity contribution in [3.8, 4) is 44.5 Å². The van der Waals surface area contributed by atoms with Gasteiger partial charge in [-0.25, -0.2) is 0 Å². The summed E-state index contributed by atoms with van der Waals surface area (Å²) in [6, 6.07) is 89.4. The van der Waals surface area contributed by atoms with Crippen molar-refractivity contribution in [1.82, 2.24) is 0 Å². The second kappa shape index (κ2) is 18.2. The minimum atomic E-state index is -0.187. The summed E-state index contributed by atoms with van der Waals surface area (Å²) in [5.41, 5.74) is 25.9. The van der Waals surface area contributed by atoms with Gasteiger partial charge in [0, 0.05) is 50.9 Å². The Balaban J connectivity index is 1.09. The second-order valence-corrected chi connectivity index (χ2v) is 23.6. The molecule has 4 heteroatoms. The van der Waals surface area contributed by atoms with Crippen LogP contribution in [0.3, 0.4) is 0 Å². The van der Waals surface area contributed by atoms with E-state index in [1.807, 2.05) is 0 Å². The molecule has 2 unspecified atom stereocenters. The van der Waals surface area contributed by atoms with Gasteiger partial charge >= 0.3 is 0 Å². The first kappa shape index (κ1) is 47.1. The lowest BCUT2D eigenvalue weighted by molar-refractivity contribution is 0.261. The Kier molecular flexibility index (Phi) is 11.1. The maximum Gasteiger partial charge on any atom is 0.252 e. The van der Waals surface area contributed by atoms with E-state index >= 15 is 0 Å². The third-order valence-corrected chi connectivity index (χ3v) is 18.2. The summed E-state index contributed by atoms with van der Waals surface area (Å²) in [7, 11) is 0. The van der Waals surface area contributed by atoms with E-state index in [1.165, 1.54) is 125 Å². The number of fused-ring (bicyclic) bond motifs is 7. The molecule has 3 aliphatic heterocycles. The molecule has 374 valence electrons. The zero-order valence-corrected chi connectivity index (χ0v) is 45.0. The minimum Gasteiger partial charge on any atom is -0.334 e. The van der Waals surface area contributed by atoms with Crippen LogP contribution >= 0.6 is 0 Å². The van der Waals surface area contributed by atoms with E-state index in [-0.39, 0.29) is 23.1 Å². The first-order chi connectivity index (χ1) is 37.6. The van der Waals surface area contributed by atoms with Crippen molar-refractivity contribution in [1.29, 1.82) is 0 Å². The number of anilines is 8. The quantitative estimate of drug-likeness (QED) is 0.147. The Morgan fingerprint density at radius 2 is 0.870 bits per heavy atom. The van der Waals surface area contributed by atoms with Gasteiger partial charge < -0.3 is 14.7 Å². The van der Waals surface area contributed by atoms with Crippen LogP contribution in [0.25, 0.3) is 44.5 Å². The molecule has 0 aromatic heterocycles. The van der Waals surface area contributed by atoms with Crippen LogP contribution in [0, 0.1) is 0 Å². The van der Waals surface area contributed by atoms with Gasteiger partial charge in [-0.1, -0.05) is 229 Å². The molecular weight excluding hydrogens is 930 g/mol. The average molecular weight is 994 g/mol. The molecule has 0 N–H and O–H groups in total. The van der Waals surface area contributed by atoms with Crippen molar-refractivity contribution in [3.05, 3.63) is 248 Å². The summed E-state index contributed by atoms with van der Waals surface area (Å²) in [4.78, 5) is 8.06. The number of hydrogen-bond acceptors (Lipinski definition) is 3. The highest BCUT2D eigenvalue weighted by Crippen LogP contribution is 2.61. The largest absolute Gasteiger partial charge is 0.334 e. The van der Waals surface area contributed by atoms with Crippen molar-refractivity contribution in [2.75, 3.05) is 14.7 Å². The Morgan fingerprint density at radius 3 is 1.49 bits per heavy atom. The number of nitrogens with zero attached hydrogens (tertiary/aromatic N) is 3. The fraction of sp³-hybridized carbons (Fsp3) is 0.178. The number of rotatable bonds is 7. The molecule has 10 aromatic carbocycles. The SMILES string of the molecule is CC(C)(C)c1ccc2c(c1)C1(C)CCCCCC1(C)N2c1cc2c3c(c1)N(c1cccc(-c4ccccc4)c1)c1cc(-c4ccccc4)ccc1B3c1cc(-c3ccccc3)ccc1N2c1ccc(-c2ccccc2)cc1. The van der Waals surface area contributed by atoms with Gasteiger partial charge in [-0.05, 0) is 152 Å². The highest BCUT2D eigenvalue weighted by molar-refractivity contribution is 7.00. The maximum absolute atomic E-state index is 2.82. The van der Waals surface area contributed by atoms with Crippen molar-refractivity contribution < 1.29 is 0 Å². The molecular formula is C73H64BN3. The Bertz CT molecular complexity index is 3870. The minimum absolute atomic E-state index is 0.0239. The molecule has 1 saturated carbocycles. The van der Waals surface area contributed by atoms with Crippen LogP contribution in [-0.2, 0) is 10.8 Å². The summed E-state index contributed by atoms with van der Waals surface area (Å²) in [5, 5.41) is 0. The van der Waals surface area contributed by atoms with Crippen molar-refractivity contribution in [2.45, 2.75) is 83.1 Å². The Labute approximate surface area is 456 Å². The number of benzene rings is 10. The van der Waals surface area contributed by atoms with E-state index in [0.29, 0.717) is 0 Å². The third-order valence-electron chi connectivity index (χ3n) is 18.2. The molecule has 0 bridgehead atoms. The van der Waals surface area contributed by atoms with Crippen LogP contribution < -0.4 is 31.1 Å². The first-order valence-corrected chi connectivity index (χ1v) is 28.0. The zero-order valence-electron chi connectivity index (χ0n) is 45.0. The standard InChI is InChI=1S/C73H64BN3/c1-71(2,3)58-36-41-65-62(47-58)72(4)42-19-10-20-43-73(72,5)77(65)61-48-68-70-69(49-61)76(60-31-21-30-55(44-60)51-24-13-7-14-25-51)67-46-57(53-28-17-9-18-29-53)34-39-63(67)74(70)64-45-56(52-26-15-8-16-27-52)35-40-66(64)75(68)59-37-32-54(33-38-59)50-22-11-6-12-23-50/h6-9,11-18,21-41,44-49H,10,19-20,42-43H2,1-5H3. The zero-order chi connectivity index (χ0) is 52.0. The van der Waals surface area contributed by atoms with Crippen LogP contribution in [0.15, 0.2) is 237 Å². The van der Waals surface area contributed by atoms with Crippen LogP contribution in [0.4, 0.5) is 45.5 Å². The van der Waals surface area contributed by atoms with E-state index in [1.54, 1.807) is 0 Å². The molecule has 0 spiro atoms. The summed E-state index contributed by atoms with van der Waals surface area (Å²) in [6.07, 6.45) is 5.96. The van der Waals surface area contributed by atoms with E-state index in [0.717, 1.165) is 24.2 Å². The highest BCUT2D eigenvalue weighted by atomic mass is 15.3. The normalized spacial score (nSPS) is 18.2. The van der Waals surface area contributed by atoms with Gasteiger partial charge in [0.05, 0.1) is 5.54 Å². The van der Waals surface area contributed by atoms with Crippen molar-refractivity contribution in [2.24, 2.45) is 0 Å². The fourth-order valence-electron chi connectivity index (χ4n) is 14.0. The Hall–Kier alpha value is -8.34. The monoisotopic (exact) mass is 994 g/mol. The molecule has 0 amide bonds. The molecule has 77 heavy (non-hydrogen) atoms. The maximum atomic E-state index is 2.82. The lowest BCUT2D eigenvalue weighted by Crippen LogP contribution is -2.61. The predicted octanol–water partition coefficient (Wildman–Crippen LogP) is 17.9. The van der Waals surface area contributed by atoms with Gasteiger partial charge in [0.25, 0.3) is 6.71 Å². The van der Waals surface area contributed by atoms with Gasteiger partial charge in [0.15, 0.2) is 0 Å². The molecule has 4 aliphatic rings. The number of hydrogen-bond donors (Lipinski definition) is 0. The van der Waals surface area contributed by atoms with Crippen LogP contribution in [-0.4, -0.2) is 12.3 Å². The van der Waals surface area contributed by atoms with Crippen molar-refractivity contribution in [3.63, 3.8) is 0 Å². The summed E-state index contributed by atoms with van der Waals surface area (Å²) in [6.45, 7) is 12.2. The molecule has 0 saturated heterocycles. The summed E-state index contributed by atoms with van der Waals surface area (Å²) >= 11 is 0. The summed E-state index contributed by atoms with van der Waals surface area (Å²) < 4.78 is 0. The van der Waals surface area contributed by atoms with Gasteiger partial charge in [-0.3, -0.25) is 0 Å². The van der Waals surface area contributed by atoms with Crippen LogP contribution in [0.2, 0.25) is 0 Å². The van der Waals surface area contributed by atoms with Crippen LogP contribution in [0.1, 0.15) is 77.8 Å². The van der Waals surface area contributed by atoms with E-state index in [9.17, 15) is 0 Å². The average Bonchev–Trinajstić information content (AvgIpc) is 3.88. The van der Waals surface area contributed by atoms with Crippen molar-refractivity contribution >= 4 is 68.6 Å². The molecule has 3 nitrogen and oxygen atoms in total. The van der Waals surface area contributed by atoms with Crippen LogP contribution in [0.5, 0.6) is 0 Å². The summed E-state index contributed by atoms with van der Waals surface area (Å²) in [5.74, 6) is 0. The van der Waals surface area contributed by atoms with Gasteiger partial charge in [-0.15, -0.1) is 0 Å². The fourth-order valence-corrected chi connectivity index (χ4v) is 14.0. The topological polar surface area (TPSA) is 9.72 Å². The van der Waals surface area contributed by atoms with E-state index in [4.69, 9.17) is 0 Å². The van der Waals surface area contributed by atoms with E-state index in [2.05, 4.69) is 286 Å². The third kappa shape index (κ3) is 7.62. The lowest BCUT2D eigenvalue weighted by Gasteiger charge is -2.48. The molecule has 14 rings (SSSR count). The van der Waals surface area contributed by atoms with Gasteiger partial charge in [-0.2, -0.15) is 0 Å². The predicted molar refractivity (Wildman–Crippen MR) is 328 cm³/mol. The molecule has 1 fully saturated rings. The molecule has 2 atom stereocenters. The molecule has 10 aromatic rings. The first-order valence-electron chi connectivity index (χ1n) is 28.0.